The second-order valence-corrected chi connectivity index (χ2v) is 10.5. The van der Waals surface area contributed by atoms with Crippen LogP contribution in [-0.4, -0.2) is 41.2 Å². The van der Waals surface area contributed by atoms with E-state index < -0.39 is 5.97 Å². The summed E-state index contributed by atoms with van der Waals surface area (Å²) in [6.45, 7) is 3.87. The number of piperidine rings is 1. The van der Waals surface area contributed by atoms with Crippen molar-refractivity contribution in [1.82, 2.24) is 4.98 Å². The normalized spacial score (nSPS) is 13.8. The predicted molar refractivity (Wildman–Crippen MR) is 162 cm³/mol. The lowest BCUT2D eigenvalue weighted by Crippen LogP contribution is -2.37. The van der Waals surface area contributed by atoms with E-state index >= 15 is 0 Å². The van der Waals surface area contributed by atoms with Crippen LogP contribution in [0.1, 0.15) is 44.9 Å². The number of pyridine rings is 1. The van der Waals surface area contributed by atoms with Gasteiger partial charge in [-0.15, -0.1) is 0 Å². The maximum atomic E-state index is 13.1. The number of amides is 1. The number of aromatic carboxylic acids is 1. The molecule has 2 aromatic heterocycles. The molecule has 42 heavy (non-hydrogen) atoms. The van der Waals surface area contributed by atoms with Gasteiger partial charge < -0.3 is 24.5 Å². The van der Waals surface area contributed by atoms with Gasteiger partial charge >= 0.3 is 5.97 Å². The summed E-state index contributed by atoms with van der Waals surface area (Å²) in [6, 6.07) is 26.7. The lowest BCUT2D eigenvalue weighted by atomic mass is 10.0. The number of carboxylic acids is 1. The van der Waals surface area contributed by atoms with E-state index in [0.717, 1.165) is 59.4 Å². The third kappa shape index (κ3) is 5.89. The van der Waals surface area contributed by atoms with Gasteiger partial charge in [0, 0.05) is 24.0 Å². The monoisotopic (exact) mass is 561 g/mol. The van der Waals surface area contributed by atoms with Crippen molar-refractivity contribution >= 4 is 34.4 Å². The smallest absolute Gasteiger partial charge is 0.335 e. The van der Waals surface area contributed by atoms with Crippen LogP contribution in [-0.2, 0) is 11.3 Å². The molecule has 6 rings (SSSR count). The quantitative estimate of drug-likeness (QED) is 0.211. The van der Waals surface area contributed by atoms with Crippen LogP contribution in [0.5, 0.6) is 0 Å². The number of nitrogens with one attached hydrogen (secondary N) is 1. The minimum Gasteiger partial charge on any atom is -0.478 e. The zero-order valence-corrected chi connectivity index (χ0v) is 23.2. The molecule has 1 amide bonds. The number of ether oxygens (including phenoxy) is 1. The average Bonchev–Trinajstić information content (AvgIpc) is 3.37. The number of carboxylic acid groups (broad SMARTS) is 1. The summed E-state index contributed by atoms with van der Waals surface area (Å²) >= 11 is 0. The van der Waals surface area contributed by atoms with Gasteiger partial charge in [0.25, 0.3) is 5.91 Å². The highest BCUT2D eigenvalue weighted by Crippen LogP contribution is 2.31. The first-order chi connectivity index (χ1) is 20.4. The van der Waals surface area contributed by atoms with Crippen LogP contribution in [0.2, 0.25) is 0 Å². The van der Waals surface area contributed by atoms with Gasteiger partial charge in [-0.2, -0.15) is 0 Å². The van der Waals surface area contributed by atoms with Crippen molar-refractivity contribution in [3.8, 4) is 11.1 Å². The van der Waals surface area contributed by atoms with Crippen LogP contribution in [0.4, 0.5) is 11.5 Å². The van der Waals surface area contributed by atoms with E-state index in [1.54, 1.807) is 24.4 Å². The van der Waals surface area contributed by atoms with E-state index in [0.29, 0.717) is 17.9 Å². The van der Waals surface area contributed by atoms with Gasteiger partial charge in [-0.1, -0.05) is 48.5 Å². The minimum absolute atomic E-state index is 0.101. The number of nitrogens with zero attached hydrogens (tertiary/aromatic N) is 2. The Morgan fingerprint density at radius 2 is 1.79 bits per heavy atom. The predicted octanol–water partition coefficient (Wildman–Crippen LogP) is 6.94. The second kappa shape index (κ2) is 11.9. The summed E-state index contributed by atoms with van der Waals surface area (Å²) < 4.78 is 12.0. The summed E-state index contributed by atoms with van der Waals surface area (Å²) in [7, 11) is 0. The van der Waals surface area contributed by atoms with Crippen molar-refractivity contribution in [2.75, 3.05) is 23.3 Å². The first kappa shape index (κ1) is 27.2. The molecule has 1 saturated heterocycles. The number of carbonyl (C=O) groups is 2. The molecule has 212 valence electrons. The van der Waals surface area contributed by atoms with Crippen LogP contribution in [0.25, 0.3) is 22.1 Å². The van der Waals surface area contributed by atoms with Gasteiger partial charge in [0.1, 0.15) is 11.4 Å². The highest BCUT2D eigenvalue weighted by atomic mass is 16.5. The summed E-state index contributed by atoms with van der Waals surface area (Å²) in [6.07, 6.45) is 3.45. The van der Waals surface area contributed by atoms with E-state index in [9.17, 15) is 14.7 Å². The van der Waals surface area contributed by atoms with Crippen LogP contribution in [0, 0.1) is 6.92 Å². The van der Waals surface area contributed by atoms with Crippen LogP contribution < -0.4 is 10.2 Å². The molecule has 3 heterocycles. The first-order valence-corrected chi connectivity index (χ1v) is 14.0. The SMILES string of the molecule is Cc1c(C(=O)Nc2ccc(N3CCC(OCc4cccc(C(=O)O)c4)CC3)nc2)oc2ccc(-c3ccccc3)cc12. The van der Waals surface area contributed by atoms with E-state index in [1.165, 1.54) is 0 Å². The Kier molecular flexibility index (Phi) is 7.70. The molecule has 0 saturated carbocycles. The van der Waals surface area contributed by atoms with E-state index in [4.69, 9.17) is 9.15 Å². The highest BCUT2D eigenvalue weighted by molar-refractivity contribution is 6.06. The van der Waals surface area contributed by atoms with E-state index in [-0.39, 0.29) is 23.3 Å². The molecule has 8 nitrogen and oxygen atoms in total. The van der Waals surface area contributed by atoms with Crippen molar-refractivity contribution in [3.05, 3.63) is 114 Å². The fourth-order valence-corrected chi connectivity index (χ4v) is 5.34. The molecule has 5 aromatic rings. The number of benzene rings is 3. The molecule has 0 spiro atoms. The number of hydrogen-bond acceptors (Lipinski definition) is 6. The molecule has 0 aliphatic carbocycles. The largest absolute Gasteiger partial charge is 0.478 e. The second-order valence-electron chi connectivity index (χ2n) is 10.5. The Hall–Kier alpha value is -4.95. The maximum absolute atomic E-state index is 13.1. The fraction of sp³-hybridized carbons (Fsp3) is 0.206. The summed E-state index contributed by atoms with van der Waals surface area (Å²) in [5.41, 5.74) is 5.36. The van der Waals surface area contributed by atoms with Crippen molar-refractivity contribution in [3.63, 3.8) is 0 Å². The van der Waals surface area contributed by atoms with Crippen molar-refractivity contribution in [2.45, 2.75) is 32.5 Å². The zero-order chi connectivity index (χ0) is 29.1. The molecule has 0 atom stereocenters. The Labute approximate surface area is 243 Å². The molecule has 2 N–H and O–H groups in total. The van der Waals surface area contributed by atoms with Crippen molar-refractivity contribution in [1.29, 1.82) is 0 Å². The summed E-state index contributed by atoms with van der Waals surface area (Å²) in [4.78, 5) is 31.1. The molecule has 8 heteroatoms. The van der Waals surface area contributed by atoms with Gasteiger partial charge in [-0.3, -0.25) is 4.79 Å². The van der Waals surface area contributed by atoms with Crippen LogP contribution >= 0.6 is 0 Å². The number of furan rings is 1. The molecule has 1 aliphatic heterocycles. The Balaban J connectivity index is 1.04. The van der Waals surface area contributed by atoms with Gasteiger partial charge in [0.05, 0.1) is 30.2 Å². The number of anilines is 2. The molecule has 0 radical (unpaired) electrons. The molecule has 0 unspecified atom stereocenters. The zero-order valence-electron chi connectivity index (χ0n) is 23.2. The number of fused-ring (bicyclic) bond motifs is 1. The van der Waals surface area contributed by atoms with Crippen LogP contribution in [0.3, 0.4) is 0 Å². The molecular weight excluding hydrogens is 530 g/mol. The Bertz CT molecular complexity index is 1720. The lowest BCUT2D eigenvalue weighted by molar-refractivity contribution is 0.0250. The van der Waals surface area contributed by atoms with Crippen molar-refractivity contribution in [2.24, 2.45) is 0 Å². The standard InChI is InChI=1S/C34H31N3O5/c1-22-29-19-25(24-7-3-2-4-8-24)10-12-30(29)42-32(22)33(38)36-27-11-13-31(35-20-27)37-16-14-28(15-17-37)41-21-23-6-5-9-26(18-23)34(39)40/h2-13,18-20,28H,14-17,21H2,1H3,(H,36,38)(H,39,40). The number of rotatable bonds is 8. The molecule has 3 aromatic carbocycles. The average molecular weight is 562 g/mol. The Morgan fingerprint density at radius 3 is 2.52 bits per heavy atom. The molecule has 0 bridgehead atoms. The van der Waals surface area contributed by atoms with Gasteiger partial charge in [0.15, 0.2) is 5.76 Å². The number of aryl methyl sites for hydroxylation is 1. The lowest BCUT2D eigenvalue weighted by Gasteiger charge is -2.32. The van der Waals surface area contributed by atoms with E-state index in [2.05, 4.69) is 33.4 Å². The third-order valence-electron chi connectivity index (χ3n) is 7.68. The van der Waals surface area contributed by atoms with Gasteiger partial charge in [-0.25, -0.2) is 9.78 Å². The highest BCUT2D eigenvalue weighted by Gasteiger charge is 2.22. The number of hydrogen-bond donors (Lipinski definition) is 2. The minimum atomic E-state index is -0.939. The summed E-state index contributed by atoms with van der Waals surface area (Å²) in [5, 5.41) is 13.0. The maximum Gasteiger partial charge on any atom is 0.335 e. The molecule has 1 fully saturated rings. The number of aromatic nitrogens is 1. The van der Waals surface area contributed by atoms with Gasteiger partial charge in [0.2, 0.25) is 0 Å². The third-order valence-corrected chi connectivity index (χ3v) is 7.68. The fourth-order valence-electron chi connectivity index (χ4n) is 5.34. The van der Waals surface area contributed by atoms with Gasteiger partial charge in [-0.05, 0) is 72.9 Å². The van der Waals surface area contributed by atoms with E-state index in [1.807, 2.05) is 55.5 Å². The summed E-state index contributed by atoms with van der Waals surface area (Å²) in [5.74, 6) is -0.123. The molecular formula is C34H31N3O5. The van der Waals surface area contributed by atoms with Crippen LogP contribution in [0.15, 0.2) is 95.5 Å². The van der Waals surface area contributed by atoms with Crippen molar-refractivity contribution < 1.29 is 23.8 Å². The first-order valence-electron chi connectivity index (χ1n) is 14.0. The molecule has 1 aliphatic rings. The number of carbonyl (C=O) groups excluding carboxylic acids is 1. The topological polar surface area (TPSA) is 105 Å². The Morgan fingerprint density at radius 1 is 0.976 bits per heavy atom.